The van der Waals surface area contributed by atoms with Crippen LogP contribution in [0.1, 0.15) is 59.1 Å². The minimum atomic E-state index is -4.89. The Morgan fingerprint density at radius 3 is 2.33 bits per heavy atom. The van der Waals surface area contributed by atoms with Crippen LogP contribution in [0.2, 0.25) is 5.15 Å². The van der Waals surface area contributed by atoms with Crippen LogP contribution in [0.3, 0.4) is 0 Å². The normalized spacial score (nSPS) is 13.8. The van der Waals surface area contributed by atoms with Crippen molar-refractivity contribution < 1.29 is 23.1 Å². The van der Waals surface area contributed by atoms with E-state index in [1.54, 1.807) is 13.8 Å². The van der Waals surface area contributed by atoms with Gasteiger partial charge >= 0.3 is 12.1 Å². The van der Waals surface area contributed by atoms with Crippen LogP contribution in [0, 0.1) is 26.7 Å². The number of fused-ring (bicyclic) bond motifs is 1. The molecule has 3 aromatic rings. The van der Waals surface area contributed by atoms with Crippen molar-refractivity contribution in [2.24, 2.45) is 5.92 Å². The lowest BCUT2D eigenvalue weighted by molar-refractivity contribution is -0.141. The molecule has 0 bridgehead atoms. The molecule has 1 aromatic carbocycles. The van der Waals surface area contributed by atoms with Gasteiger partial charge in [0.15, 0.2) is 11.4 Å². The number of hydrogen-bond acceptors (Lipinski definition) is 3. The summed E-state index contributed by atoms with van der Waals surface area (Å²) in [6, 6.07) is 3.72. The molecule has 1 aliphatic carbocycles. The number of carboxylic acids is 1. The van der Waals surface area contributed by atoms with Crippen LogP contribution in [-0.2, 0) is 6.18 Å². The zero-order valence-electron chi connectivity index (χ0n) is 19.1. The van der Waals surface area contributed by atoms with Gasteiger partial charge in [0.05, 0.1) is 5.69 Å². The van der Waals surface area contributed by atoms with E-state index in [-0.39, 0.29) is 10.9 Å². The van der Waals surface area contributed by atoms with E-state index in [1.807, 2.05) is 19.1 Å². The molecule has 0 saturated heterocycles. The molecule has 180 valence electrons. The monoisotopic (exact) mass is 484 g/mol. The topological polar surface area (TPSA) is 71.6 Å². The highest BCUT2D eigenvalue weighted by molar-refractivity contribution is 6.30. The molecule has 0 unspecified atom stereocenters. The highest BCUT2D eigenvalue weighted by Gasteiger charge is 2.41. The number of nitrogens with one attached hydrogen (secondary N) is 1. The maximum atomic E-state index is 13.2. The lowest BCUT2D eigenvalue weighted by Gasteiger charge is -2.13. The summed E-state index contributed by atoms with van der Waals surface area (Å²) in [4.78, 5) is 14.9. The molecule has 1 saturated carbocycles. The van der Waals surface area contributed by atoms with Gasteiger partial charge in [-0.3, -0.25) is 8.97 Å². The van der Waals surface area contributed by atoms with E-state index in [2.05, 4.69) is 17.2 Å². The van der Waals surface area contributed by atoms with Gasteiger partial charge < -0.3 is 10.4 Å². The third-order valence-electron chi connectivity index (χ3n) is 5.43. The number of imidazole rings is 2. The number of nitrogens with zero attached hydrogens (tertiary/aromatic N) is 3. The fraction of sp³-hybridized carbons (Fsp3) is 0.478. The first-order valence-corrected chi connectivity index (χ1v) is 11.2. The van der Waals surface area contributed by atoms with Crippen LogP contribution < -0.4 is 5.32 Å². The highest BCUT2D eigenvalue weighted by Crippen LogP contribution is 2.35. The third-order valence-corrected chi connectivity index (χ3v) is 5.70. The molecular weight excluding hydrogens is 457 g/mol. The van der Waals surface area contributed by atoms with Gasteiger partial charge in [-0.25, -0.2) is 9.78 Å². The molecule has 2 heterocycles. The highest BCUT2D eigenvalue weighted by atomic mass is 35.5. The van der Waals surface area contributed by atoms with Gasteiger partial charge in [0.1, 0.15) is 5.15 Å². The summed E-state index contributed by atoms with van der Waals surface area (Å²) in [5.74, 6) is -0.891. The summed E-state index contributed by atoms with van der Waals surface area (Å²) < 4.78 is 41.7. The van der Waals surface area contributed by atoms with Gasteiger partial charge in [0, 0.05) is 6.20 Å². The molecule has 6 nitrogen and oxygen atoms in total. The molecular formula is C23H28ClF3N4O2. The van der Waals surface area contributed by atoms with E-state index in [1.165, 1.54) is 36.9 Å². The largest absolute Gasteiger partial charge is 0.476 e. The van der Waals surface area contributed by atoms with Gasteiger partial charge in [0.25, 0.3) is 0 Å². The van der Waals surface area contributed by atoms with Gasteiger partial charge in [-0.2, -0.15) is 13.2 Å². The third kappa shape index (κ3) is 5.52. The minimum Gasteiger partial charge on any atom is -0.476 e. The van der Waals surface area contributed by atoms with Crippen LogP contribution in [0.15, 0.2) is 18.3 Å². The first-order chi connectivity index (χ1) is 15.5. The Labute approximate surface area is 195 Å². The maximum absolute atomic E-state index is 13.2. The number of rotatable bonds is 6. The Morgan fingerprint density at radius 2 is 1.85 bits per heavy atom. The Kier molecular flexibility index (Phi) is 7.43. The fourth-order valence-electron chi connectivity index (χ4n) is 3.90. The summed E-state index contributed by atoms with van der Waals surface area (Å²) in [6.07, 6.45) is 0.440. The van der Waals surface area contributed by atoms with Crippen molar-refractivity contribution in [3.05, 3.63) is 51.6 Å². The Morgan fingerprint density at radius 1 is 1.24 bits per heavy atom. The van der Waals surface area contributed by atoms with E-state index in [0.29, 0.717) is 5.69 Å². The molecule has 10 heteroatoms. The minimum absolute atomic E-state index is 0.0637. The maximum Gasteiger partial charge on any atom is 0.435 e. The van der Waals surface area contributed by atoms with Crippen molar-refractivity contribution in [1.29, 1.82) is 0 Å². The quantitative estimate of drug-likeness (QED) is 0.433. The average molecular weight is 485 g/mol. The van der Waals surface area contributed by atoms with Crippen molar-refractivity contribution in [3.8, 4) is 5.69 Å². The summed E-state index contributed by atoms with van der Waals surface area (Å²) in [7, 11) is 0. The summed E-state index contributed by atoms with van der Waals surface area (Å²) in [5.41, 5.74) is 0.704. The second-order valence-corrected chi connectivity index (χ2v) is 8.85. The molecule has 0 aliphatic heterocycles. The number of hydrogen-bond donors (Lipinski definition) is 2. The number of aryl methyl sites for hydroxylation is 3. The van der Waals surface area contributed by atoms with Gasteiger partial charge in [-0.1, -0.05) is 36.2 Å². The van der Waals surface area contributed by atoms with E-state index in [9.17, 15) is 23.1 Å². The van der Waals surface area contributed by atoms with Crippen molar-refractivity contribution in [2.75, 3.05) is 13.1 Å². The molecule has 0 atom stereocenters. The number of aromatic carboxylic acids is 1. The fourth-order valence-corrected chi connectivity index (χ4v) is 4.16. The van der Waals surface area contributed by atoms with Crippen LogP contribution in [0.25, 0.3) is 11.5 Å². The first-order valence-electron chi connectivity index (χ1n) is 10.8. The van der Waals surface area contributed by atoms with Crippen molar-refractivity contribution in [3.63, 3.8) is 0 Å². The van der Waals surface area contributed by atoms with E-state index >= 15 is 0 Å². The molecule has 1 fully saturated rings. The lowest BCUT2D eigenvalue weighted by Crippen LogP contribution is -2.16. The molecule has 0 amide bonds. The Hall–Kier alpha value is -2.52. The van der Waals surface area contributed by atoms with Gasteiger partial charge in [-0.05, 0) is 70.2 Å². The van der Waals surface area contributed by atoms with E-state index in [4.69, 9.17) is 11.6 Å². The SMILES string of the molecule is CCCNCC1CC1.Cc1cc(C)c(-n2c(Cl)cn3c(C(=O)O)c(C(F)(F)F)nc23)c(C)c1. The molecule has 2 aromatic heterocycles. The van der Waals surface area contributed by atoms with Crippen LogP contribution >= 0.6 is 11.6 Å². The molecule has 0 radical (unpaired) electrons. The molecule has 0 spiro atoms. The average Bonchev–Trinajstić information content (AvgIpc) is 3.35. The standard InChI is InChI=1S/C16H13ClF3N3O2.C7H15N/c1-7-4-8(2)11(9(3)5-7)23-10(17)6-22-12(14(24)25)13(16(18,19)20)21-15(22)23;1-2-5-8-6-7-3-4-7/h4-6H,1-3H3,(H,24,25);7-8H,2-6H2,1H3. The van der Waals surface area contributed by atoms with Crippen LogP contribution in [0.5, 0.6) is 0 Å². The predicted octanol–water partition coefficient (Wildman–Crippen LogP) is 5.82. The smallest absolute Gasteiger partial charge is 0.435 e. The molecule has 2 N–H and O–H groups in total. The second-order valence-electron chi connectivity index (χ2n) is 8.46. The predicted molar refractivity (Wildman–Crippen MR) is 122 cm³/mol. The second kappa shape index (κ2) is 9.77. The summed E-state index contributed by atoms with van der Waals surface area (Å²) in [5, 5.41) is 12.7. The number of benzene rings is 1. The van der Waals surface area contributed by atoms with Crippen molar-refractivity contribution in [2.45, 2.75) is 53.1 Å². The zero-order chi connectivity index (χ0) is 24.5. The summed E-state index contributed by atoms with van der Waals surface area (Å²) in [6.45, 7) is 10.2. The lowest BCUT2D eigenvalue weighted by atomic mass is 10.1. The van der Waals surface area contributed by atoms with Gasteiger partial charge in [-0.15, -0.1) is 0 Å². The number of carbonyl (C=O) groups is 1. The Bertz CT molecular complexity index is 1140. The summed E-state index contributed by atoms with van der Waals surface area (Å²) >= 11 is 6.20. The van der Waals surface area contributed by atoms with Crippen LogP contribution in [0.4, 0.5) is 13.2 Å². The van der Waals surface area contributed by atoms with E-state index < -0.39 is 23.5 Å². The first kappa shape index (κ1) is 25.1. The van der Waals surface area contributed by atoms with Crippen molar-refractivity contribution >= 4 is 23.3 Å². The number of halogens is 4. The molecule has 4 rings (SSSR count). The number of alkyl halides is 3. The number of aromatic nitrogens is 3. The Balaban J connectivity index is 0.000000323. The van der Waals surface area contributed by atoms with E-state index in [0.717, 1.165) is 33.2 Å². The van der Waals surface area contributed by atoms with Crippen molar-refractivity contribution in [1.82, 2.24) is 19.3 Å². The van der Waals surface area contributed by atoms with Crippen LogP contribution in [-0.4, -0.2) is 38.1 Å². The van der Waals surface area contributed by atoms with Gasteiger partial charge in [0.2, 0.25) is 5.78 Å². The zero-order valence-corrected chi connectivity index (χ0v) is 19.8. The number of carboxylic acid groups (broad SMARTS) is 1. The molecule has 1 aliphatic rings. The molecule has 33 heavy (non-hydrogen) atoms.